The van der Waals surface area contributed by atoms with E-state index in [1.165, 1.54) is 0 Å². The number of Topliss-reactive ketones (excluding diaryl/α,β-unsaturated/α-hetero) is 1. The number of phenols is 1. The van der Waals surface area contributed by atoms with E-state index in [0.717, 1.165) is 48.8 Å². The molecule has 1 aliphatic rings. The van der Waals surface area contributed by atoms with Gasteiger partial charge in [0.2, 0.25) is 5.91 Å². The van der Waals surface area contributed by atoms with Crippen molar-refractivity contribution in [2.24, 2.45) is 0 Å². The maximum atomic E-state index is 13.0. The van der Waals surface area contributed by atoms with Gasteiger partial charge in [-0.3, -0.25) is 14.4 Å². The molecule has 1 heterocycles. The minimum atomic E-state index is -0.764. The Kier molecular flexibility index (Phi) is 9.25. The zero-order valence-electron chi connectivity index (χ0n) is 20.0. The van der Waals surface area contributed by atoms with Gasteiger partial charge in [0.25, 0.3) is 0 Å². The molecule has 6 nitrogen and oxygen atoms in total. The first-order valence-electron chi connectivity index (χ1n) is 12.3. The lowest BCUT2D eigenvalue weighted by Gasteiger charge is -2.36. The smallest absolute Gasteiger partial charge is 0.303 e. The third-order valence-electron chi connectivity index (χ3n) is 6.64. The number of piperidine rings is 1. The molecule has 0 aliphatic carbocycles. The van der Waals surface area contributed by atoms with E-state index in [9.17, 15) is 19.5 Å². The van der Waals surface area contributed by atoms with Crippen molar-refractivity contribution in [3.8, 4) is 16.9 Å². The fraction of sp³-hybridized carbons (Fsp3) is 0.464. The summed E-state index contributed by atoms with van der Waals surface area (Å²) in [5, 5.41) is 18.4. The summed E-state index contributed by atoms with van der Waals surface area (Å²) in [6, 6.07) is 12.9. The van der Waals surface area contributed by atoms with Crippen molar-refractivity contribution in [3.05, 3.63) is 53.6 Å². The van der Waals surface area contributed by atoms with Crippen LogP contribution in [0.1, 0.15) is 80.1 Å². The summed E-state index contributed by atoms with van der Waals surface area (Å²) in [5.41, 5.74) is 3.54. The number of aromatic hydroxyl groups is 1. The number of rotatable bonds is 12. The Morgan fingerprint density at radius 1 is 1.03 bits per heavy atom. The van der Waals surface area contributed by atoms with E-state index >= 15 is 0 Å². The summed E-state index contributed by atoms with van der Waals surface area (Å²) >= 11 is 0. The van der Waals surface area contributed by atoms with E-state index in [1.807, 2.05) is 42.2 Å². The molecule has 1 unspecified atom stereocenters. The summed E-state index contributed by atoms with van der Waals surface area (Å²) in [4.78, 5) is 38.1. The number of unbranched alkanes of at least 4 members (excludes halogenated alkanes) is 3. The molecule has 0 bridgehead atoms. The van der Waals surface area contributed by atoms with Crippen molar-refractivity contribution in [1.29, 1.82) is 0 Å². The summed E-state index contributed by atoms with van der Waals surface area (Å²) in [6.07, 6.45) is 6.90. The Hall–Kier alpha value is -3.15. The molecule has 2 aromatic rings. The minimum absolute atomic E-state index is 0.0740. The number of phenolic OH excluding ortho intramolecular Hbond substituents is 1. The second-order valence-corrected chi connectivity index (χ2v) is 9.23. The van der Waals surface area contributed by atoms with Gasteiger partial charge in [0.15, 0.2) is 5.78 Å². The number of carbonyl (C=O) groups is 3. The Balaban J connectivity index is 1.56. The van der Waals surface area contributed by atoms with E-state index in [1.54, 1.807) is 12.1 Å². The Morgan fingerprint density at radius 3 is 2.59 bits per heavy atom. The third-order valence-corrected chi connectivity index (χ3v) is 6.64. The summed E-state index contributed by atoms with van der Waals surface area (Å²) < 4.78 is 0. The van der Waals surface area contributed by atoms with Gasteiger partial charge in [-0.05, 0) is 73.9 Å². The number of hydrogen-bond donors (Lipinski definition) is 2. The molecule has 0 saturated carbocycles. The molecule has 182 valence electrons. The largest absolute Gasteiger partial charge is 0.508 e. The van der Waals surface area contributed by atoms with E-state index in [2.05, 4.69) is 0 Å². The Bertz CT molecular complexity index is 1020. The normalized spacial score (nSPS) is 16.0. The number of hydrogen-bond acceptors (Lipinski definition) is 4. The van der Waals surface area contributed by atoms with Crippen molar-refractivity contribution in [2.75, 3.05) is 6.54 Å². The monoisotopic (exact) mass is 465 g/mol. The van der Waals surface area contributed by atoms with E-state index < -0.39 is 5.97 Å². The molecule has 34 heavy (non-hydrogen) atoms. The van der Waals surface area contributed by atoms with E-state index in [4.69, 9.17) is 5.11 Å². The van der Waals surface area contributed by atoms with Crippen LogP contribution in [0.15, 0.2) is 42.5 Å². The topological polar surface area (TPSA) is 94.9 Å². The molecule has 2 aromatic carbocycles. The third kappa shape index (κ3) is 7.17. The maximum Gasteiger partial charge on any atom is 0.303 e. The molecule has 2 N–H and O–H groups in total. The van der Waals surface area contributed by atoms with Crippen molar-refractivity contribution in [1.82, 2.24) is 4.90 Å². The molecule has 0 aromatic heterocycles. The van der Waals surface area contributed by atoms with Crippen molar-refractivity contribution >= 4 is 17.7 Å². The first-order chi connectivity index (χ1) is 16.3. The molecule has 0 radical (unpaired) electrons. The lowest BCUT2D eigenvalue weighted by Crippen LogP contribution is -2.44. The van der Waals surface area contributed by atoms with Crippen molar-refractivity contribution in [3.63, 3.8) is 0 Å². The number of carboxylic acids is 1. The zero-order valence-corrected chi connectivity index (χ0v) is 20.0. The number of aryl methyl sites for hydroxylation is 1. The Morgan fingerprint density at radius 2 is 1.82 bits per heavy atom. The second-order valence-electron chi connectivity index (χ2n) is 9.23. The van der Waals surface area contributed by atoms with E-state index in [0.29, 0.717) is 37.8 Å². The van der Waals surface area contributed by atoms with Gasteiger partial charge in [-0.15, -0.1) is 0 Å². The number of benzene rings is 2. The van der Waals surface area contributed by atoms with Gasteiger partial charge < -0.3 is 15.1 Å². The average Bonchev–Trinajstić information content (AvgIpc) is 2.80. The lowest BCUT2D eigenvalue weighted by molar-refractivity contribution is -0.137. The SMILES string of the molecule is Cc1cc(O)ccc1-c1cccc(C(=O)CCC2CCCC(=O)N2CCCCCCC(=O)O)c1. The van der Waals surface area contributed by atoms with Crippen LogP contribution in [0.25, 0.3) is 11.1 Å². The summed E-state index contributed by atoms with van der Waals surface area (Å²) in [5.74, 6) is -0.302. The molecule has 3 rings (SSSR count). The molecule has 1 aliphatic heterocycles. The molecular weight excluding hydrogens is 430 g/mol. The van der Waals surface area contributed by atoms with Gasteiger partial charge in [-0.1, -0.05) is 37.1 Å². The fourth-order valence-electron chi connectivity index (χ4n) is 4.79. The molecule has 1 amide bonds. The van der Waals surface area contributed by atoms with Gasteiger partial charge in [0.05, 0.1) is 0 Å². The van der Waals surface area contributed by atoms with Gasteiger partial charge in [-0.25, -0.2) is 0 Å². The first-order valence-corrected chi connectivity index (χ1v) is 12.3. The van der Waals surface area contributed by atoms with Crippen LogP contribution in [-0.4, -0.2) is 45.4 Å². The van der Waals surface area contributed by atoms with Gasteiger partial charge in [0, 0.05) is 37.4 Å². The molecule has 0 spiro atoms. The molecule has 6 heteroatoms. The predicted octanol–water partition coefficient (Wildman–Crippen LogP) is 5.75. The zero-order chi connectivity index (χ0) is 24.5. The Labute approximate surface area is 201 Å². The summed E-state index contributed by atoms with van der Waals surface area (Å²) in [6.45, 7) is 2.62. The highest BCUT2D eigenvalue weighted by Crippen LogP contribution is 2.28. The van der Waals surface area contributed by atoms with Crippen LogP contribution in [0, 0.1) is 6.92 Å². The highest BCUT2D eigenvalue weighted by Gasteiger charge is 2.28. The van der Waals surface area contributed by atoms with Crippen LogP contribution in [0.2, 0.25) is 0 Å². The van der Waals surface area contributed by atoms with E-state index in [-0.39, 0.29) is 29.9 Å². The van der Waals surface area contributed by atoms with Gasteiger partial charge in [0.1, 0.15) is 5.75 Å². The summed E-state index contributed by atoms with van der Waals surface area (Å²) in [7, 11) is 0. The maximum absolute atomic E-state index is 13.0. The number of carboxylic acid groups (broad SMARTS) is 1. The fourth-order valence-corrected chi connectivity index (χ4v) is 4.79. The van der Waals surface area contributed by atoms with Crippen LogP contribution < -0.4 is 0 Å². The highest BCUT2D eigenvalue weighted by atomic mass is 16.4. The number of nitrogens with zero attached hydrogens (tertiary/aromatic N) is 1. The quantitative estimate of drug-likeness (QED) is 0.308. The number of ketones is 1. The lowest BCUT2D eigenvalue weighted by atomic mass is 9.93. The number of amides is 1. The first kappa shape index (κ1) is 25.5. The van der Waals surface area contributed by atoms with Gasteiger partial charge in [-0.2, -0.15) is 0 Å². The predicted molar refractivity (Wildman–Crippen MR) is 132 cm³/mol. The number of aliphatic carboxylic acids is 1. The van der Waals surface area contributed by atoms with Crippen LogP contribution in [0.4, 0.5) is 0 Å². The molecule has 1 atom stereocenters. The molecule has 1 fully saturated rings. The van der Waals surface area contributed by atoms with Crippen molar-refractivity contribution in [2.45, 2.75) is 77.2 Å². The van der Waals surface area contributed by atoms with Gasteiger partial charge >= 0.3 is 5.97 Å². The minimum Gasteiger partial charge on any atom is -0.508 e. The molecule has 1 saturated heterocycles. The number of carbonyl (C=O) groups excluding carboxylic acids is 2. The second kappa shape index (κ2) is 12.4. The molecular formula is C28H35NO5. The standard InChI is InChI=1S/C28H35NO5/c1-20-18-24(30)14-15-25(20)21-8-6-9-22(19-21)26(31)16-13-23-10-7-11-27(32)29(23)17-5-3-2-4-12-28(33)34/h6,8-9,14-15,18-19,23,30H,2-5,7,10-13,16-17H2,1H3,(H,33,34). The van der Waals surface area contributed by atoms with Crippen LogP contribution in [0.3, 0.4) is 0 Å². The average molecular weight is 466 g/mol. The number of likely N-dealkylation sites (tertiary alicyclic amines) is 1. The highest BCUT2D eigenvalue weighted by molar-refractivity contribution is 5.97. The van der Waals surface area contributed by atoms with Crippen LogP contribution in [-0.2, 0) is 9.59 Å². The van der Waals surface area contributed by atoms with Crippen molar-refractivity contribution < 1.29 is 24.6 Å². The van der Waals surface area contributed by atoms with Crippen LogP contribution in [0.5, 0.6) is 5.75 Å². The van der Waals surface area contributed by atoms with Crippen LogP contribution >= 0.6 is 0 Å².